The fraction of sp³-hybridized carbons (Fsp3) is 0.286. The van der Waals surface area contributed by atoms with Gasteiger partial charge in [0.25, 0.3) is 0 Å². The van der Waals surface area contributed by atoms with Gasteiger partial charge >= 0.3 is 0 Å². The number of aromatic nitrogens is 1. The van der Waals surface area contributed by atoms with E-state index >= 15 is 0 Å². The minimum absolute atomic E-state index is 0.251. The first-order valence-electron chi connectivity index (χ1n) is 2.99. The SMILES string of the molecule is CN(C)c1cc(F)ccn1. The second-order valence-corrected chi connectivity index (χ2v) is 2.23. The van der Waals surface area contributed by atoms with E-state index in [0.717, 1.165) is 0 Å². The predicted octanol–water partition coefficient (Wildman–Crippen LogP) is 1.29. The fourth-order valence-electron chi connectivity index (χ4n) is 0.638. The summed E-state index contributed by atoms with van der Waals surface area (Å²) in [5.74, 6) is 0.388. The van der Waals surface area contributed by atoms with E-state index in [0.29, 0.717) is 5.82 Å². The number of hydrogen-bond donors (Lipinski definition) is 0. The van der Waals surface area contributed by atoms with Crippen molar-refractivity contribution < 1.29 is 4.39 Å². The summed E-state index contributed by atoms with van der Waals surface area (Å²) >= 11 is 0. The molecule has 1 heterocycles. The van der Waals surface area contributed by atoms with Crippen molar-refractivity contribution in [2.75, 3.05) is 19.0 Å². The van der Waals surface area contributed by atoms with Crippen molar-refractivity contribution in [2.45, 2.75) is 0 Å². The van der Waals surface area contributed by atoms with Crippen LogP contribution in [0.3, 0.4) is 0 Å². The van der Waals surface area contributed by atoms with E-state index in [9.17, 15) is 4.39 Å². The molecule has 1 rings (SSSR count). The third kappa shape index (κ3) is 1.43. The monoisotopic (exact) mass is 140 g/mol. The summed E-state index contributed by atoms with van der Waals surface area (Å²) in [5.41, 5.74) is 0. The molecule has 0 aliphatic carbocycles. The van der Waals surface area contributed by atoms with Gasteiger partial charge in [0.2, 0.25) is 0 Å². The maximum absolute atomic E-state index is 12.5. The van der Waals surface area contributed by atoms with E-state index in [-0.39, 0.29) is 5.82 Å². The average molecular weight is 140 g/mol. The van der Waals surface area contributed by atoms with Crippen LogP contribution in [0.4, 0.5) is 10.2 Å². The quantitative estimate of drug-likeness (QED) is 0.584. The zero-order valence-corrected chi connectivity index (χ0v) is 6.00. The summed E-state index contributed by atoms with van der Waals surface area (Å²) in [7, 11) is 3.64. The number of halogens is 1. The first-order valence-corrected chi connectivity index (χ1v) is 2.99. The van der Waals surface area contributed by atoms with E-state index in [1.54, 1.807) is 4.90 Å². The highest BCUT2D eigenvalue weighted by molar-refractivity contribution is 5.35. The zero-order valence-electron chi connectivity index (χ0n) is 6.00. The summed E-state index contributed by atoms with van der Waals surface area (Å²) in [6, 6.07) is 2.72. The molecular weight excluding hydrogens is 131 g/mol. The lowest BCUT2D eigenvalue weighted by Crippen LogP contribution is -2.10. The number of hydrogen-bond acceptors (Lipinski definition) is 2. The summed E-state index contributed by atoms with van der Waals surface area (Å²) in [5, 5.41) is 0. The summed E-state index contributed by atoms with van der Waals surface area (Å²) < 4.78 is 12.5. The molecule has 1 aromatic heterocycles. The Balaban J connectivity index is 2.96. The smallest absolute Gasteiger partial charge is 0.130 e. The van der Waals surface area contributed by atoms with Crippen molar-refractivity contribution in [1.29, 1.82) is 0 Å². The molecule has 0 bridgehead atoms. The Labute approximate surface area is 59.3 Å². The van der Waals surface area contributed by atoms with Gasteiger partial charge in [0.1, 0.15) is 11.6 Å². The van der Waals surface area contributed by atoms with Gasteiger partial charge in [-0.05, 0) is 6.07 Å². The molecule has 0 spiro atoms. The molecule has 3 heteroatoms. The Bertz CT molecular complexity index is 223. The van der Waals surface area contributed by atoms with Gasteiger partial charge in [-0.3, -0.25) is 0 Å². The van der Waals surface area contributed by atoms with E-state index in [1.165, 1.54) is 18.3 Å². The zero-order chi connectivity index (χ0) is 7.56. The first kappa shape index (κ1) is 6.99. The Morgan fingerprint density at radius 1 is 1.50 bits per heavy atom. The van der Waals surface area contributed by atoms with Crippen LogP contribution in [0.1, 0.15) is 0 Å². The van der Waals surface area contributed by atoms with E-state index < -0.39 is 0 Å². The molecule has 0 unspecified atom stereocenters. The largest absolute Gasteiger partial charge is 0.363 e. The molecule has 0 aliphatic heterocycles. The van der Waals surface area contributed by atoms with Gasteiger partial charge in [-0.2, -0.15) is 0 Å². The normalized spacial score (nSPS) is 9.50. The van der Waals surface area contributed by atoms with Gasteiger partial charge in [0, 0.05) is 26.4 Å². The molecule has 0 N–H and O–H groups in total. The molecule has 0 saturated heterocycles. The number of rotatable bonds is 1. The van der Waals surface area contributed by atoms with Crippen molar-refractivity contribution in [2.24, 2.45) is 0 Å². The van der Waals surface area contributed by atoms with Crippen molar-refractivity contribution in [1.82, 2.24) is 4.98 Å². The molecule has 2 nitrogen and oxygen atoms in total. The molecule has 0 aromatic carbocycles. The maximum atomic E-state index is 12.5. The minimum Gasteiger partial charge on any atom is -0.363 e. The molecule has 54 valence electrons. The Hall–Kier alpha value is -1.12. The van der Waals surface area contributed by atoms with Crippen LogP contribution in [-0.2, 0) is 0 Å². The second kappa shape index (κ2) is 2.64. The highest BCUT2D eigenvalue weighted by atomic mass is 19.1. The lowest BCUT2D eigenvalue weighted by Gasteiger charge is -2.09. The van der Waals surface area contributed by atoms with Crippen LogP contribution in [0.2, 0.25) is 0 Å². The Kier molecular flexibility index (Phi) is 1.85. The van der Waals surface area contributed by atoms with Crippen LogP contribution < -0.4 is 4.90 Å². The number of anilines is 1. The van der Waals surface area contributed by atoms with Gasteiger partial charge in [0.15, 0.2) is 0 Å². The molecule has 0 amide bonds. The predicted molar refractivity (Wildman–Crippen MR) is 38.5 cm³/mol. The topological polar surface area (TPSA) is 16.1 Å². The van der Waals surface area contributed by atoms with Gasteiger partial charge in [-0.15, -0.1) is 0 Å². The van der Waals surface area contributed by atoms with Crippen LogP contribution in [0.5, 0.6) is 0 Å². The molecule has 1 aromatic rings. The molecule has 0 atom stereocenters. The Morgan fingerprint density at radius 2 is 2.20 bits per heavy atom. The van der Waals surface area contributed by atoms with Crippen LogP contribution in [-0.4, -0.2) is 19.1 Å². The summed E-state index contributed by atoms with van der Waals surface area (Å²) in [4.78, 5) is 5.68. The van der Waals surface area contributed by atoms with Crippen LogP contribution in [0, 0.1) is 5.82 Å². The van der Waals surface area contributed by atoms with Crippen LogP contribution in [0.25, 0.3) is 0 Å². The fourth-order valence-corrected chi connectivity index (χ4v) is 0.638. The van der Waals surface area contributed by atoms with Gasteiger partial charge < -0.3 is 4.90 Å². The van der Waals surface area contributed by atoms with Crippen LogP contribution >= 0.6 is 0 Å². The van der Waals surface area contributed by atoms with E-state index in [4.69, 9.17) is 0 Å². The molecule has 10 heavy (non-hydrogen) atoms. The molecule has 0 fully saturated rings. The third-order valence-electron chi connectivity index (χ3n) is 1.17. The third-order valence-corrected chi connectivity index (χ3v) is 1.17. The molecule has 0 radical (unpaired) electrons. The molecule has 0 saturated carbocycles. The minimum atomic E-state index is -0.251. The standard InChI is InChI=1S/C7H9FN2/c1-10(2)7-5-6(8)3-4-9-7/h3-5H,1-2H3. The van der Waals surface area contributed by atoms with E-state index in [1.807, 2.05) is 14.1 Å². The highest BCUT2D eigenvalue weighted by Crippen LogP contribution is 2.06. The van der Waals surface area contributed by atoms with Crippen LogP contribution in [0.15, 0.2) is 18.3 Å². The lowest BCUT2D eigenvalue weighted by atomic mass is 10.4. The van der Waals surface area contributed by atoms with Crippen molar-refractivity contribution in [3.05, 3.63) is 24.1 Å². The average Bonchev–Trinajstić information content (AvgIpc) is 1.88. The molecule has 0 aliphatic rings. The number of pyridine rings is 1. The highest BCUT2D eigenvalue weighted by Gasteiger charge is 1.95. The lowest BCUT2D eigenvalue weighted by molar-refractivity contribution is 0.625. The second-order valence-electron chi connectivity index (χ2n) is 2.23. The Morgan fingerprint density at radius 3 is 2.60 bits per heavy atom. The van der Waals surface area contributed by atoms with Gasteiger partial charge in [-0.1, -0.05) is 0 Å². The summed E-state index contributed by atoms with van der Waals surface area (Å²) in [6.45, 7) is 0. The first-order chi connectivity index (χ1) is 4.70. The van der Waals surface area contributed by atoms with Gasteiger partial charge in [-0.25, -0.2) is 9.37 Å². The number of nitrogens with zero attached hydrogens (tertiary/aromatic N) is 2. The molecular formula is C7H9FN2. The maximum Gasteiger partial charge on any atom is 0.130 e. The van der Waals surface area contributed by atoms with Gasteiger partial charge in [0.05, 0.1) is 0 Å². The van der Waals surface area contributed by atoms with Crippen molar-refractivity contribution in [3.8, 4) is 0 Å². The van der Waals surface area contributed by atoms with E-state index in [2.05, 4.69) is 4.98 Å². The summed E-state index contributed by atoms with van der Waals surface area (Å²) in [6.07, 6.45) is 1.45. The van der Waals surface area contributed by atoms with Crippen molar-refractivity contribution >= 4 is 5.82 Å². The van der Waals surface area contributed by atoms with Crippen molar-refractivity contribution in [3.63, 3.8) is 0 Å².